The first-order valence-corrected chi connectivity index (χ1v) is 7.91. The minimum atomic E-state index is -0.337. The number of benzene rings is 1. The molecule has 3 amide bonds. The first kappa shape index (κ1) is 19.9. The molecule has 0 aliphatic heterocycles. The van der Waals surface area contributed by atoms with Crippen molar-refractivity contribution in [2.45, 2.75) is 6.92 Å². The molecule has 1 aromatic rings. The zero-order valence-electron chi connectivity index (χ0n) is 14.4. The standard InChI is InChI=1S/C16H23ClN4O3/c1-11-12(17)6-5-7-13(11)19-14(22)8-18-15(23)9-21(4)10-16(24)20(2)3/h5-7H,8-10H2,1-4H3,(H,18,23)(H,19,22)/p+1. The summed E-state index contributed by atoms with van der Waals surface area (Å²) in [5.41, 5.74) is 1.38. The van der Waals surface area contributed by atoms with Gasteiger partial charge in [-0.2, -0.15) is 0 Å². The number of anilines is 1. The number of amides is 3. The number of hydrogen-bond donors (Lipinski definition) is 3. The number of carbonyl (C=O) groups is 3. The molecule has 3 N–H and O–H groups in total. The molecule has 0 heterocycles. The smallest absolute Gasteiger partial charge is 0.277 e. The summed E-state index contributed by atoms with van der Waals surface area (Å²) in [6.07, 6.45) is 0. The van der Waals surface area contributed by atoms with E-state index in [0.29, 0.717) is 10.7 Å². The predicted octanol–water partition coefficient (Wildman–Crippen LogP) is -0.694. The van der Waals surface area contributed by atoms with Gasteiger partial charge in [0, 0.05) is 24.8 Å². The highest BCUT2D eigenvalue weighted by Gasteiger charge is 2.16. The largest absolute Gasteiger partial charge is 0.344 e. The first-order chi connectivity index (χ1) is 11.2. The Kier molecular flexibility index (Phi) is 7.67. The maximum Gasteiger partial charge on any atom is 0.277 e. The maximum atomic E-state index is 11.9. The van der Waals surface area contributed by atoms with E-state index >= 15 is 0 Å². The van der Waals surface area contributed by atoms with Crippen LogP contribution in [0.3, 0.4) is 0 Å². The Morgan fingerprint density at radius 1 is 1.17 bits per heavy atom. The van der Waals surface area contributed by atoms with Crippen LogP contribution in [0.5, 0.6) is 0 Å². The molecule has 0 aromatic heterocycles. The van der Waals surface area contributed by atoms with Gasteiger partial charge in [-0.25, -0.2) is 0 Å². The number of hydrogen-bond acceptors (Lipinski definition) is 3. The van der Waals surface area contributed by atoms with Gasteiger partial charge in [0.05, 0.1) is 13.6 Å². The summed E-state index contributed by atoms with van der Waals surface area (Å²) < 4.78 is 0. The molecule has 132 valence electrons. The van der Waals surface area contributed by atoms with Crippen molar-refractivity contribution in [1.29, 1.82) is 0 Å². The molecule has 1 rings (SSSR count). The van der Waals surface area contributed by atoms with Crippen LogP contribution in [0.15, 0.2) is 18.2 Å². The molecule has 1 aromatic carbocycles. The van der Waals surface area contributed by atoms with Crippen LogP contribution in [0.2, 0.25) is 5.02 Å². The summed E-state index contributed by atoms with van der Waals surface area (Å²) in [4.78, 5) is 37.5. The van der Waals surface area contributed by atoms with Crippen LogP contribution in [0.25, 0.3) is 0 Å². The Hall–Kier alpha value is -2.12. The molecule has 7 nitrogen and oxygen atoms in total. The Balaban J connectivity index is 2.40. The van der Waals surface area contributed by atoms with Gasteiger partial charge in [0.25, 0.3) is 11.8 Å². The van der Waals surface area contributed by atoms with Gasteiger partial charge in [0.2, 0.25) is 5.91 Å². The molecule has 1 unspecified atom stereocenters. The predicted molar refractivity (Wildman–Crippen MR) is 93.1 cm³/mol. The van der Waals surface area contributed by atoms with E-state index < -0.39 is 0 Å². The van der Waals surface area contributed by atoms with Crippen LogP contribution in [-0.4, -0.2) is 63.4 Å². The van der Waals surface area contributed by atoms with Gasteiger partial charge in [-0.15, -0.1) is 0 Å². The first-order valence-electron chi connectivity index (χ1n) is 7.53. The Morgan fingerprint density at radius 2 is 1.83 bits per heavy atom. The van der Waals surface area contributed by atoms with Crippen molar-refractivity contribution in [2.75, 3.05) is 46.1 Å². The van der Waals surface area contributed by atoms with Crippen LogP contribution in [0.1, 0.15) is 5.56 Å². The average molecular weight is 356 g/mol. The Morgan fingerprint density at radius 3 is 2.46 bits per heavy atom. The monoisotopic (exact) mass is 355 g/mol. The van der Waals surface area contributed by atoms with Crippen molar-refractivity contribution in [3.8, 4) is 0 Å². The lowest BCUT2D eigenvalue weighted by atomic mass is 10.2. The van der Waals surface area contributed by atoms with E-state index in [4.69, 9.17) is 11.6 Å². The van der Waals surface area contributed by atoms with Crippen molar-refractivity contribution < 1.29 is 19.3 Å². The average Bonchev–Trinajstić information content (AvgIpc) is 2.49. The second-order valence-corrected chi connectivity index (χ2v) is 6.24. The second-order valence-electron chi connectivity index (χ2n) is 5.84. The van der Waals surface area contributed by atoms with Crippen LogP contribution in [0, 0.1) is 6.92 Å². The van der Waals surface area contributed by atoms with E-state index in [9.17, 15) is 14.4 Å². The molecule has 24 heavy (non-hydrogen) atoms. The number of rotatable bonds is 7. The van der Waals surface area contributed by atoms with Gasteiger partial charge in [0.15, 0.2) is 13.1 Å². The highest BCUT2D eigenvalue weighted by atomic mass is 35.5. The van der Waals surface area contributed by atoms with E-state index in [1.54, 1.807) is 46.3 Å². The normalized spacial score (nSPS) is 11.5. The van der Waals surface area contributed by atoms with Crippen molar-refractivity contribution >= 4 is 35.0 Å². The quantitative estimate of drug-likeness (QED) is 0.605. The summed E-state index contributed by atoms with van der Waals surface area (Å²) in [5, 5.41) is 5.80. The number of nitrogens with one attached hydrogen (secondary N) is 3. The minimum absolute atomic E-state index is 0.0607. The molecule has 0 bridgehead atoms. The molecule has 0 radical (unpaired) electrons. The van der Waals surface area contributed by atoms with E-state index in [2.05, 4.69) is 10.6 Å². The highest BCUT2D eigenvalue weighted by molar-refractivity contribution is 6.31. The van der Waals surface area contributed by atoms with Gasteiger partial charge in [-0.3, -0.25) is 14.4 Å². The topological polar surface area (TPSA) is 83.0 Å². The van der Waals surface area contributed by atoms with Gasteiger partial charge in [-0.1, -0.05) is 17.7 Å². The third-order valence-electron chi connectivity index (χ3n) is 3.40. The van der Waals surface area contributed by atoms with Crippen LogP contribution >= 0.6 is 11.6 Å². The fourth-order valence-electron chi connectivity index (χ4n) is 1.93. The maximum absolute atomic E-state index is 11.9. The SMILES string of the molecule is Cc1c(Cl)cccc1NC(=O)CNC(=O)C[NH+](C)CC(=O)N(C)C. The van der Waals surface area contributed by atoms with E-state index in [0.717, 1.165) is 10.5 Å². The molecule has 0 spiro atoms. The molecule has 0 saturated heterocycles. The van der Waals surface area contributed by atoms with Crippen molar-refractivity contribution in [3.05, 3.63) is 28.8 Å². The van der Waals surface area contributed by atoms with E-state index in [1.165, 1.54) is 4.90 Å². The lowest BCUT2D eigenvalue weighted by Gasteiger charge is -2.16. The fraction of sp³-hybridized carbons (Fsp3) is 0.438. The van der Waals surface area contributed by atoms with Gasteiger partial charge in [0.1, 0.15) is 0 Å². The lowest BCUT2D eigenvalue weighted by molar-refractivity contribution is -0.862. The summed E-state index contributed by atoms with van der Waals surface area (Å²) in [5.74, 6) is -0.692. The van der Waals surface area contributed by atoms with E-state index in [-0.39, 0.29) is 37.4 Å². The minimum Gasteiger partial charge on any atom is -0.344 e. The van der Waals surface area contributed by atoms with Crippen molar-refractivity contribution in [2.24, 2.45) is 0 Å². The molecular formula is C16H24ClN4O3+. The summed E-state index contributed by atoms with van der Waals surface area (Å²) in [6.45, 7) is 1.99. The van der Waals surface area contributed by atoms with Gasteiger partial charge < -0.3 is 20.4 Å². The van der Waals surface area contributed by atoms with Crippen molar-refractivity contribution in [3.63, 3.8) is 0 Å². The lowest BCUT2D eigenvalue weighted by Crippen LogP contribution is -3.11. The number of quaternary nitrogens is 1. The third-order valence-corrected chi connectivity index (χ3v) is 3.81. The Bertz CT molecular complexity index is 619. The van der Waals surface area contributed by atoms with Crippen molar-refractivity contribution in [1.82, 2.24) is 10.2 Å². The van der Waals surface area contributed by atoms with Gasteiger partial charge in [-0.05, 0) is 24.6 Å². The highest BCUT2D eigenvalue weighted by Crippen LogP contribution is 2.22. The second kappa shape index (κ2) is 9.24. The summed E-state index contributed by atoms with van der Waals surface area (Å²) in [7, 11) is 5.08. The van der Waals surface area contributed by atoms with Gasteiger partial charge >= 0.3 is 0 Å². The molecular weight excluding hydrogens is 332 g/mol. The van der Waals surface area contributed by atoms with Crippen LogP contribution < -0.4 is 15.5 Å². The molecule has 1 atom stereocenters. The molecule has 0 aliphatic rings. The fourth-order valence-corrected chi connectivity index (χ4v) is 2.11. The van der Waals surface area contributed by atoms with Crippen LogP contribution in [-0.2, 0) is 14.4 Å². The number of likely N-dealkylation sites (N-methyl/N-ethyl adjacent to an activating group) is 2. The number of nitrogens with zero attached hydrogens (tertiary/aromatic N) is 1. The van der Waals surface area contributed by atoms with E-state index in [1.807, 2.05) is 0 Å². The number of halogens is 1. The Labute approximate surface area is 146 Å². The third kappa shape index (κ3) is 6.55. The zero-order valence-corrected chi connectivity index (χ0v) is 15.2. The molecule has 8 heteroatoms. The molecule has 0 fully saturated rings. The zero-order chi connectivity index (χ0) is 18.3. The summed E-state index contributed by atoms with van der Waals surface area (Å²) >= 11 is 5.99. The number of carbonyl (C=O) groups excluding carboxylic acids is 3. The molecule has 0 aliphatic carbocycles. The summed E-state index contributed by atoms with van der Waals surface area (Å²) in [6, 6.07) is 5.22. The van der Waals surface area contributed by atoms with Crippen LogP contribution in [0.4, 0.5) is 5.69 Å². The molecule has 0 saturated carbocycles.